The van der Waals surface area contributed by atoms with E-state index in [0.29, 0.717) is 17.4 Å². The van der Waals surface area contributed by atoms with Crippen LogP contribution in [0.3, 0.4) is 0 Å². The molecule has 0 saturated heterocycles. The summed E-state index contributed by atoms with van der Waals surface area (Å²) in [6.45, 7) is 0.594. The summed E-state index contributed by atoms with van der Waals surface area (Å²) in [5, 5.41) is 0.641. The quantitative estimate of drug-likeness (QED) is 0.803. The van der Waals surface area contributed by atoms with Crippen molar-refractivity contribution >= 4 is 29.0 Å². The predicted molar refractivity (Wildman–Crippen MR) is 67.4 cm³/mol. The molecular formula is C10H11Cl2N5. The second-order valence-corrected chi connectivity index (χ2v) is 4.37. The molecule has 0 N–H and O–H groups in total. The number of hydrogen-bond donors (Lipinski definition) is 0. The molecule has 0 aliphatic carbocycles. The topological polar surface area (TPSA) is 46.8 Å². The van der Waals surface area contributed by atoms with Crippen molar-refractivity contribution in [2.75, 3.05) is 11.9 Å². The van der Waals surface area contributed by atoms with Crippen molar-refractivity contribution in [1.82, 2.24) is 19.5 Å². The van der Waals surface area contributed by atoms with Crippen molar-refractivity contribution in [3.8, 4) is 0 Å². The molecular weight excluding hydrogens is 261 g/mol. The van der Waals surface area contributed by atoms with Gasteiger partial charge in [0, 0.05) is 26.5 Å². The van der Waals surface area contributed by atoms with E-state index in [-0.39, 0.29) is 5.28 Å². The average Bonchev–Trinajstić information content (AvgIpc) is 2.68. The average molecular weight is 272 g/mol. The molecule has 0 aliphatic heterocycles. The monoisotopic (exact) mass is 271 g/mol. The van der Waals surface area contributed by atoms with E-state index in [9.17, 15) is 0 Å². The summed E-state index contributed by atoms with van der Waals surface area (Å²) in [7, 11) is 3.81. The lowest BCUT2D eigenvalue weighted by atomic mass is 10.4. The summed E-state index contributed by atoms with van der Waals surface area (Å²) in [4.78, 5) is 14.0. The van der Waals surface area contributed by atoms with Gasteiger partial charge in [-0.25, -0.2) is 9.97 Å². The summed E-state index contributed by atoms with van der Waals surface area (Å²) >= 11 is 11.8. The molecule has 17 heavy (non-hydrogen) atoms. The maximum Gasteiger partial charge on any atom is 0.224 e. The standard InChI is InChI=1S/C10H11Cl2N5/c1-16-4-3-13-8(16)6-17(2)9-7(11)5-14-10(12)15-9/h3-5H,6H2,1-2H3. The Hall–Kier alpha value is -1.33. The van der Waals surface area contributed by atoms with Crippen LogP contribution in [0, 0.1) is 0 Å². The Balaban J connectivity index is 2.23. The molecule has 0 atom stereocenters. The Morgan fingerprint density at radius 3 is 2.76 bits per heavy atom. The normalized spacial score (nSPS) is 10.6. The molecule has 0 radical (unpaired) electrons. The maximum absolute atomic E-state index is 6.02. The van der Waals surface area contributed by atoms with Gasteiger partial charge in [-0.2, -0.15) is 4.98 Å². The van der Waals surface area contributed by atoms with Gasteiger partial charge in [0.1, 0.15) is 10.8 Å². The van der Waals surface area contributed by atoms with Gasteiger partial charge in [0.05, 0.1) is 12.7 Å². The van der Waals surface area contributed by atoms with Crippen molar-refractivity contribution < 1.29 is 0 Å². The minimum absolute atomic E-state index is 0.177. The molecule has 0 fully saturated rings. The van der Waals surface area contributed by atoms with Gasteiger partial charge in [-0.3, -0.25) is 0 Å². The Kier molecular flexibility index (Phi) is 3.49. The molecule has 0 saturated carbocycles. The molecule has 0 amide bonds. The lowest BCUT2D eigenvalue weighted by Crippen LogP contribution is -2.20. The first-order valence-electron chi connectivity index (χ1n) is 4.93. The SMILES string of the molecule is CN(Cc1nccn1C)c1nc(Cl)ncc1Cl. The van der Waals surface area contributed by atoms with Crippen LogP contribution in [-0.2, 0) is 13.6 Å². The van der Waals surface area contributed by atoms with Crippen LogP contribution >= 0.6 is 23.2 Å². The lowest BCUT2D eigenvalue weighted by Gasteiger charge is -2.18. The van der Waals surface area contributed by atoms with Crippen LogP contribution in [0.5, 0.6) is 0 Å². The fourth-order valence-electron chi connectivity index (χ4n) is 1.44. The Morgan fingerprint density at radius 1 is 1.35 bits per heavy atom. The Morgan fingerprint density at radius 2 is 2.12 bits per heavy atom. The van der Waals surface area contributed by atoms with Crippen LogP contribution in [0.1, 0.15) is 5.82 Å². The number of halogens is 2. The third kappa shape index (κ3) is 2.68. The van der Waals surface area contributed by atoms with Crippen molar-refractivity contribution in [2.24, 2.45) is 7.05 Å². The second kappa shape index (κ2) is 4.89. The first-order chi connectivity index (χ1) is 8.08. The largest absolute Gasteiger partial charge is 0.351 e. The van der Waals surface area contributed by atoms with E-state index >= 15 is 0 Å². The van der Waals surface area contributed by atoms with Crippen LogP contribution in [-0.4, -0.2) is 26.6 Å². The molecule has 5 nitrogen and oxygen atoms in total. The van der Waals surface area contributed by atoms with Crippen LogP contribution in [0.15, 0.2) is 18.6 Å². The highest BCUT2D eigenvalue weighted by atomic mass is 35.5. The number of rotatable bonds is 3. The maximum atomic E-state index is 6.02. The fourth-order valence-corrected chi connectivity index (χ4v) is 1.81. The number of imidazole rings is 1. The Bertz CT molecular complexity index is 525. The molecule has 2 rings (SSSR count). The summed E-state index contributed by atoms with van der Waals surface area (Å²) in [6.07, 6.45) is 5.12. The number of hydrogen-bond acceptors (Lipinski definition) is 4. The minimum Gasteiger partial charge on any atom is -0.351 e. The number of anilines is 1. The van der Waals surface area contributed by atoms with Crippen molar-refractivity contribution in [1.29, 1.82) is 0 Å². The third-order valence-electron chi connectivity index (χ3n) is 2.36. The summed E-state index contributed by atoms with van der Waals surface area (Å²) in [6, 6.07) is 0. The van der Waals surface area contributed by atoms with Crippen LogP contribution in [0.4, 0.5) is 5.82 Å². The van der Waals surface area contributed by atoms with E-state index in [0.717, 1.165) is 5.82 Å². The van der Waals surface area contributed by atoms with E-state index in [1.807, 2.05) is 29.8 Å². The molecule has 0 aromatic carbocycles. The molecule has 0 bridgehead atoms. The highest BCUT2D eigenvalue weighted by molar-refractivity contribution is 6.33. The van der Waals surface area contributed by atoms with E-state index < -0.39 is 0 Å². The third-order valence-corrected chi connectivity index (χ3v) is 2.81. The Labute approximate surface area is 109 Å². The molecule has 0 spiro atoms. The van der Waals surface area contributed by atoms with Gasteiger partial charge in [-0.05, 0) is 11.6 Å². The van der Waals surface area contributed by atoms with Gasteiger partial charge in [0.2, 0.25) is 5.28 Å². The predicted octanol–water partition coefficient (Wildman–Crippen LogP) is 2.15. The van der Waals surface area contributed by atoms with Gasteiger partial charge in [0.15, 0.2) is 5.82 Å². The van der Waals surface area contributed by atoms with Crippen molar-refractivity contribution in [3.05, 3.63) is 34.7 Å². The number of aromatic nitrogens is 4. The van der Waals surface area contributed by atoms with Gasteiger partial charge < -0.3 is 9.47 Å². The first-order valence-corrected chi connectivity index (χ1v) is 5.69. The first kappa shape index (κ1) is 12.1. The summed E-state index contributed by atoms with van der Waals surface area (Å²) in [5.74, 6) is 1.51. The molecule has 2 heterocycles. The van der Waals surface area contributed by atoms with E-state index in [4.69, 9.17) is 23.2 Å². The van der Waals surface area contributed by atoms with Crippen molar-refractivity contribution in [2.45, 2.75) is 6.54 Å². The highest BCUT2D eigenvalue weighted by Gasteiger charge is 2.11. The van der Waals surface area contributed by atoms with Gasteiger partial charge in [-0.1, -0.05) is 11.6 Å². The fraction of sp³-hybridized carbons (Fsp3) is 0.300. The van der Waals surface area contributed by atoms with Gasteiger partial charge >= 0.3 is 0 Å². The number of nitrogens with zero attached hydrogens (tertiary/aromatic N) is 5. The summed E-state index contributed by atoms with van der Waals surface area (Å²) < 4.78 is 1.94. The zero-order valence-corrected chi connectivity index (χ0v) is 10.9. The zero-order chi connectivity index (χ0) is 12.4. The molecule has 90 valence electrons. The molecule has 7 heteroatoms. The van der Waals surface area contributed by atoms with Gasteiger partial charge in [-0.15, -0.1) is 0 Å². The minimum atomic E-state index is 0.177. The molecule has 0 unspecified atom stereocenters. The number of aryl methyl sites for hydroxylation is 1. The van der Waals surface area contributed by atoms with Crippen LogP contribution in [0.25, 0.3) is 0 Å². The molecule has 2 aromatic rings. The molecule has 2 aromatic heterocycles. The van der Waals surface area contributed by atoms with E-state index in [1.165, 1.54) is 6.20 Å². The second-order valence-electron chi connectivity index (χ2n) is 3.62. The van der Waals surface area contributed by atoms with Crippen LogP contribution in [0.2, 0.25) is 10.3 Å². The molecule has 0 aliphatic rings. The summed E-state index contributed by atoms with van der Waals surface area (Å²) in [5.41, 5.74) is 0. The smallest absolute Gasteiger partial charge is 0.224 e. The van der Waals surface area contributed by atoms with Crippen molar-refractivity contribution in [3.63, 3.8) is 0 Å². The highest BCUT2D eigenvalue weighted by Crippen LogP contribution is 2.23. The zero-order valence-electron chi connectivity index (χ0n) is 9.43. The van der Waals surface area contributed by atoms with Gasteiger partial charge in [0.25, 0.3) is 0 Å². The van der Waals surface area contributed by atoms with Crippen LogP contribution < -0.4 is 4.90 Å². The lowest BCUT2D eigenvalue weighted by molar-refractivity contribution is 0.754. The van der Waals surface area contributed by atoms with E-state index in [2.05, 4.69) is 15.0 Å². The van der Waals surface area contributed by atoms with E-state index in [1.54, 1.807) is 6.20 Å².